The first-order valence-corrected chi connectivity index (χ1v) is 6.62. The van der Waals surface area contributed by atoms with Crippen molar-refractivity contribution in [3.05, 3.63) is 29.8 Å². The Morgan fingerprint density at radius 2 is 2.28 bits per heavy atom. The Morgan fingerprint density at radius 1 is 1.39 bits per heavy atom. The van der Waals surface area contributed by atoms with E-state index in [1.807, 2.05) is 18.2 Å². The van der Waals surface area contributed by atoms with Crippen LogP contribution in [0.4, 0.5) is 5.69 Å². The second-order valence-electron chi connectivity index (χ2n) is 4.90. The van der Waals surface area contributed by atoms with Gasteiger partial charge in [-0.25, -0.2) is 0 Å². The Morgan fingerprint density at radius 3 is 3.00 bits per heavy atom. The second-order valence-corrected chi connectivity index (χ2v) is 4.90. The number of hydrogen-bond donors (Lipinski definition) is 1. The normalized spacial score (nSPS) is 23.9. The molecule has 0 saturated carbocycles. The second kappa shape index (κ2) is 5.08. The highest BCUT2D eigenvalue weighted by molar-refractivity contribution is 5.93. The number of hydroxylamine groups is 1. The summed E-state index contributed by atoms with van der Waals surface area (Å²) in [6.45, 7) is 1.60. The molecular weight excluding hydrogens is 228 g/mol. The molecule has 2 saturated heterocycles. The van der Waals surface area contributed by atoms with Crippen LogP contribution in [-0.4, -0.2) is 25.1 Å². The zero-order chi connectivity index (χ0) is 12.4. The molecule has 3 rings (SSSR count). The van der Waals surface area contributed by atoms with Crippen LogP contribution in [0.5, 0.6) is 0 Å². The molecule has 2 aliphatic rings. The fourth-order valence-electron chi connectivity index (χ4n) is 2.68. The Hall–Kier alpha value is -1.39. The Kier molecular flexibility index (Phi) is 3.30. The highest BCUT2D eigenvalue weighted by atomic mass is 16.7. The number of rotatable bonds is 3. The van der Waals surface area contributed by atoms with Crippen LogP contribution >= 0.6 is 0 Å². The van der Waals surface area contributed by atoms with E-state index < -0.39 is 0 Å². The maximum absolute atomic E-state index is 11.7. The summed E-state index contributed by atoms with van der Waals surface area (Å²) in [7, 11) is 0. The molecule has 0 radical (unpaired) electrons. The predicted molar refractivity (Wildman–Crippen MR) is 69.2 cm³/mol. The third kappa shape index (κ3) is 2.26. The van der Waals surface area contributed by atoms with E-state index in [0.29, 0.717) is 19.1 Å². The molecule has 18 heavy (non-hydrogen) atoms. The van der Waals surface area contributed by atoms with Gasteiger partial charge in [-0.3, -0.25) is 9.63 Å². The Balaban J connectivity index is 1.82. The van der Waals surface area contributed by atoms with E-state index in [-0.39, 0.29) is 5.91 Å². The topological polar surface area (TPSA) is 41.6 Å². The summed E-state index contributed by atoms with van der Waals surface area (Å²) in [6, 6.07) is 8.56. The van der Waals surface area contributed by atoms with Crippen molar-refractivity contribution in [1.29, 1.82) is 0 Å². The van der Waals surface area contributed by atoms with Crippen LogP contribution in [0.1, 0.15) is 24.8 Å². The fraction of sp³-hybridized carbons (Fsp3) is 0.500. The minimum atomic E-state index is 0.0573. The van der Waals surface area contributed by atoms with Gasteiger partial charge in [0.05, 0.1) is 18.7 Å². The van der Waals surface area contributed by atoms with Gasteiger partial charge in [0.2, 0.25) is 0 Å². The summed E-state index contributed by atoms with van der Waals surface area (Å²) in [4.78, 5) is 17.2. The molecule has 4 nitrogen and oxygen atoms in total. The molecule has 2 aliphatic heterocycles. The number of hydrogen-bond acceptors (Lipinski definition) is 3. The van der Waals surface area contributed by atoms with Gasteiger partial charge in [-0.05, 0) is 37.4 Å². The molecule has 2 fully saturated rings. The molecule has 2 heterocycles. The number of nitrogens with zero attached hydrogens (tertiary/aromatic N) is 1. The molecule has 1 aromatic rings. The van der Waals surface area contributed by atoms with Crippen LogP contribution < -0.4 is 10.4 Å². The quantitative estimate of drug-likeness (QED) is 0.881. The summed E-state index contributed by atoms with van der Waals surface area (Å²) in [5.41, 5.74) is 2.10. The van der Waals surface area contributed by atoms with Crippen molar-refractivity contribution in [2.24, 2.45) is 0 Å². The summed E-state index contributed by atoms with van der Waals surface area (Å²) in [5, 5.41) is 4.95. The minimum Gasteiger partial charge on any atom is -0.314 e. The standard InChI is InChI=1S/C14H18N2O2/c17-14-7-9-18-16(14)13-6-2-1-4-11(13)10-12-5-3-8-15-12/h1-2,4,6,12,15H,3,5,7-10H2. The lowest BCUT2D eigenvalue weighted by Gasteiger charge is -2.20. The van der Waals surface area contributed by atoms with Crippen LogP contribution in [0.3, 0.4) is 0 Å². The fourth-order valence-corrected chi connectivity index (χ4v) is 2.68. The van der Waals surface area contributed by atoms with Gasteiger partial charge >= 0.3 is 0 Å². The van der Waals surface area contributed by atoms with E-state index in [2.05, 4.69) is 11.4 Å². The summed E-state index contributed by atoms with van der Waals surface area (Å²) in [6.07, 6.45) is 3.90. The highest BCUT2D eigenvalue weighted by Gasteiger charge is 2.26. The van der Waals surface area contributed by atoms with Crippen LogP contribution in [0.2, 0.25) is 0 Å². The molecule has 1 amide bonds. The van der Waals surface area contributed by atoms with E-state index in [1.54, 1.807) is 0 Å². The number of para-hydroxylation sites is 1. The van der Waals surface area contributed by atoms with E-state index in [1.165, 1.54) is 23.5 Å². The highest BCUT2D eigenvalue weighted by Crippen LogP contribution is 2.26. The number of carbonyl (C=O) groups is 1. The lowest BCUT2D eigenvalue weighted by molar-refractivity contribution is -0.119. The van der Waals surface area contributed by atoms with Gasteiger partial charge in [0.25, 0.3) is 5.91 Å². The van der Waals surface area contributed by atoms with Crippen molar-refractivity contribution in [3.63, 3.8) is 0 Å². The number of amides is 1. The lowest BCUT2D eigenvalue weighted by Crippen LogP contribution is -2.27. The number of nitrogens with one attached hydrogen (secondary N) is 1. The molecule has 0 spiro atoms. The molecule has 1 atom stereocenters. The zero-order valence-corrected chi connectivity index (χ0v) is 10.4. The molecule has 96 valence electrons. The van der Waals surface area contributed by atoms with Crippen molar-refractivity contribution in [1.82, 2.24) is 5.32 Å². The van der Waals surface area contributed by atoms with Gasteiger partial charge in [0.15, 0.2) is 0 Å². The average molecular weight is 246 g/mol. The van der Waals surface area contributed by atoms with Crippen LogP contribution in [0.15, 0.2) is 24.3 Å². The minimum absolute atomic E-state index is 0.0573. The van der Waals surface area contributed by atoms with Gasteiger partial charge < -0.3 is 5.32 Å². The van der Waals surface area contributed by atoms with E-state index in [0.717, 1.165) is 18.7 Å². The van der Waals surface area contributed by atoms with Gasteiger partial charge in [-0.2, -0.15) is 5.06 Å². The predicted octanol–water partition coefficient (Wildman–Crippen LogP) is 1.65. The molecule has 1 N–H and O–H groups in total. The first-order valence-electron chi connectivity index (χ1n) is 6.62. The lowest BCUT2D eigenvalue weighted by atomic mass is 10.0. The maximum Gasteiger partial charge on any atom is 0.253 e. The van der Waals surface area contributed by atoms with Gasteiger partial charge in [0, 0.05) is 6.04 Å². The van der Waals surface area contributed by atoms with Crippen molar-refractivity contribution in [2.45, 2.75) is 31.7 Å². The molecule has 4 heteroatoms. The summed E-state index contributed by atoms with van der Waals surface area (Å²) >= 11 is 0. The van der Waals surface area contributed by atoms with Gasteiger partial charge in [-0.15, -0.1) is 0 Å². The Labute approximate surface area is 107 Å². The maximum atomic E-state index is 11.7. The largest absolute Gasteiger partial charge is 0.314 e. The van der Waals surface area contributed by atoms with E-state index >= 15 is 0 Å². The monoisotopic (exact) mass is 246 g/mol. The zero-order valence-electron chi connectivity index (χ0n) is 10.4. The summed E-state index contributed by atoms with van der Waals surface area (Å²) < 4.78 is 0. The molecule has 0 aliphatic carbocycles. The first kappa shape index (κ1) is 11.7. The van der Waals surface area contributed by atoms with Crippen molar-refractivity contribution in [2.75, 3.05) is 18.2 Å². The van der Waals surface area contributed by atoms with Crippen molar-refractivity contribution in [3.8, 4) is 0 Å². The first-order chi connectivity index (χ1) is 8.84. The third-order valence-corrected chi connectivity index (χ3v) is 3.60. The SMILES string of the molecule is O=C1CCON1c1ccccc1CC1CCCN1. The number of carbonyl (C=O) groups excluding carboxylic acids is 1. The molecular formula is C14H18N2O2. The van der Waals surface area contributed by atoms with Crippen molar-refractivity contribution >= 4 is 11.6 Å². The Bertz CT molecular complexity index is 441. The van der Waals surface area contributed by atoms with Crippen LogP contribution in [0, 0.1) is 0 Å². The molecule has 1 aromatic carbocycles. The molecule has 0 bridgehead atoms. The van der Waals surface area contributed by atoms with Gasteiger partial charge in [0.1, 0.15) is 0 Å². The van der Waals surface area contributed by atoms with Crippen LogP contribution in [-0.2, 0) is 16.1 Å². The number of anilines is 1. The third-order valence-electron chi connectivity index (χ3n) is 3.60. The smallest absolute Gasteiger partial charge is 0.253 e. The van der Waals surface area contributed by atoms with E-state index in [4.69, 9.17) is 4.84 Å². The molecule has 1 unspecified atom stereocenters. The number of benzene rings is 1. The van der Waals surface area contributed by atoms with Crippen molar-refractivity contribution < 1.29 is 9.63 Å². The summed E-state index contributed by atoms with van der Waals surface area (Å²) in [5.74, 6) is 0.0573. The van der Waals surface area contributed by atoms with Gasteiger partial charge in [-0.1, -0.05) is 18.2 Å². The van der Waals surface area contributed by atoms with Crippen LogP contribution in [0.25, 0.3) is 0 Å². The van der Waals surface area contributed by atoms with E-state index in [9.17, 15) is 4.79 Å². The molecule has 0 aromatic heterocycles. The average Bonchev–Trinajstić information content (AvgIpc) is 3.02.